The van der Waals surface area contributed by atoms with Crippen LogP contribution in [0.25, 0.3) is 0 Å². The second kappa shape index (κ2) is 10.5. The molecule has 2 aromatic rings. The number of fused-ring (bicyclic) bond motifs is 1. The molecule has 0 saturated heterocycles. The van der Waals surface area contributed by atoms with Crippen molar-refractivity contribution in [2.45, 2.75) is 45.4 Å². The summed E-state index contributed by atoms with van der Waals surface area (Å²) in [6, 6.07) is 0. The molecule has 30 heavy (non-hydrogen) atoms. The predicted molar refractivity (Wildman–Crippen MR) is 129 cm³/mol. The molecule has 0 aromatic carbocycles. The van der Waals surface area contributed by atoms with E-state index in [9.17, 15) is 9.59 Å². The number of anilines is 1. The second-order valence-corrected chi connectivity index (χ2v) is 9.55. The van der Waals surface area contributed by atoms with Crippen molar-refractivity contribution in [3.63, 3.8) is 0 Å². The molecule has 0 bridgehead atoms. The number of hydrogen-bond acceptors (Lipinski definition) is 6. The molecule has 162 valence electrons. The summed E-state index contributed by atoms with van der Waals surface area (Å²) in [5, 5.41) is 8.04. The molecule has 0 spiro atoms. The van der Waals surface area contributed by atoms with E-state index in [1.165, 1.54) is 29.1 Å². The Labute approximate surface area is 198 Å². The zero-order valence-electron chi connectivity index (χ0n) is 16.8. The van der Waals surface area contributed by atoms with Gasteiger partial charge in [0.2, 0.25) is 0 Å². The van der Waals surface area contributed by atoms with Crippen LogP contribution >= 0.6 is 46.1 Å². The number of ether oxygens (including phenoxy) is 1. The highest BCUT2D eigenvalue weighted by Crippen LogP contribution is 2.37. The minimum absolute atomic E-state index is 0.189. The minimum atomic E-state index is -0.395. The van der Waals surface area contributed by atoms with Crippen molar-refractivity contribution in [1.29, 1.82) is 0 Å². The van der Waals surface area contributed by atoms with Crippen LogP contribution in [0.4, 0.5) is 5.00 Å². The van der Waals surface area contributed by atoms with Gasteiger partial charge in [-0.1, -0.05) is 12.8 Å². The maximum absolute atomic E-state index is 12.7. The first-order chi connectivity index (χ1) is 14.4. The molecule has 8 nitrogen and oxygen atoms in total. The minimum Gasteiger partial charge on any atom is -0.462 e. The van der Waals surface area contributed by atoms with Gasteiger partial charge < -0.3 is 10.1 Å². The van der Waals surface area contributed by atoms with Crippen LogP contribution in [0, 0.1) is 3.57 Å². The van der Waals surface area contributed by atoms with Crippen molar-refractivity contribution in [2.24, 2.45) is 7.05 Å². The Morgan fingerprint density at radius 3 is 2.67 bits per heavy atom. The zero-order chi connectivity index (χ0) is 21.7. The lowest BCUT2D eigenvalue weighted by molar-refractivity contribution is 0.0526. The third-order valence-corrected chi connectivity index (χ3v) is 6.87. The molecular weight excluding hydrogens is 537 g/mol. The van der Waals surface area contributed by atoms with Crippen molar-refractivity contribution in [3.05, 3.63) is 31.5 Å². The Morgan fingerprint density at radius 2 is 2.00 bits per heavy atom. The molecule has 1 amide bonds. The Bertz CT molecular complexity index is 956. The number of hydrogen-bond donors (Lipinski definition) is 3. The van der Waals surface area contributed by atoms with Crippen LogP contribution in [0.2, 0.25) is 0 Å². The maximum atomic E-state index is 12.7. The molecule has 1 aliphatic carbocycles. The first kappa shape index (κ1) is 22.9. The topological polar surface area (TPSA) is 97.3 Å². The third-order valence-electron chi connectivity index (χ3n) is 4.67. The maximum Gasteiger partial charge on any atom is 0.341 e. The van der Waals surface area contributed by atoms with Gasteiger partial charge in [0.15, 0.2) is 10.8 Å². The van der Waals surface area contributed by atoms with E-state index in [0.29, 0.717) is 22.9 Å². The van der Waals surface area contributed by atoms with E-state index in [4.69, 9.17) is 17.0 Å². The lowest BCUT2D eigenvalue weighted by Crippen LogP contribution is -2.44. The number of carbonyl (C=O) groups is 2. The Morgan fingerprint density at radius 1 is 1.27 bits per heavy atom. The number of amides is 1. The molecule has 2 heterocycles. The van der Waals surface area contributed by atoms with Crippen LogP contribution in [0.5, 0.6) is 0 Å². The average Bonchev–Trinajstić information content (AvgIpc) is 3.18. The van der Waals surface area contributed by atoms with Crippen molar-refractivity contribution < 1.29 is 14.3 Å². The van der Waals surface area contributed by atoms with E-state index in [1.54, 1.807) is 24.9 Å². The number of halogens is 1. The fourth-order valence-corrected chi connectivity index (χ4v) is 5.60. The van der Waals surface area contributed by atoms with Gasteiger partial charge >= 0.3 is 5.97 Å². The summed E-state index contributed by atoms with van der Waals surface area (Å²) in [6.07, 6.45) is 8.08. The molecule has 0 aliphatic heterocycles. The average molecular weight is 561 g/mol. The van der Waals surface area contributed by atoms with E-state index >= 15 is 0 Å². The van der Waals surface area contributed by atoms with E-state index < -0.39 is 5.91 Å². The summed E-state index contributed by atoms with van der Waals surface area (Å²) in [5.41, 5.74) is 7.17. The monoisotopic (exact) mass is 561 g/mol. The lowest BCUT2D eigenvalue weighted by Gasteiger charge is -2.13. The number of aryl methyl sites for hydroxylation is 2. The van der Waals surface area contributed by atoms with Gasteiger partial charge in [-0.3, -0.25) is 20.3 Å². The van der Waals surface area contributed by atoms with E-state index in [1.807, 2.05) is 22.6 Å². The third kappa shape index (κ3) is 5.49. The van der Waals surface area contributed by atoms with Gasteiger partial charge in [-0.15, -0.1) is 11.3 Å². The molecule has 1 aliphatic rings. The summed E-state index contributed by atoms with van der Waals surface area (Å²) in [4.78, 5) is 26.2. The number of nitrogens with zero attached hydrogens (tertiary/aromatic N) is 2. The van der Waals surface area contributed by atoms with Crippen LogP contribution in [-0.4, -0.2) is 33.4 Å². The van der Waals surface area contributed by atoms with Crippen LogP contribution in [0.1, 0.15) is 63.9 Å². The van der Waals surface area contributed by atoms with Gasteiger partial charge in [0, 0.05) is 18.1 Å². The van der Waals surface area contributed by atoms with E-state index in [2.05, 4.69) is 21.3 Å². The van der Waals surface area contributed by atoms with Gasteiger partial charge in [0.1, 0.15) is 5.00 Å². The van der Waals surface area contributed by atoms with Crippen molar-refractivity contribution >= 4 is 68.1 Å². The van der Waals surface area contributed by atoms with E-state index in [0.717, 1.165) is 34.8 Å². The van der Waals surface area contributed by atoms with Gasteiger partial charge in [-0.05, 0) is 73.0 Å². The number of thiocarbonyl (C=S) groups is 1. The summed E-state index contributed by atoms with van der Waals surface area (Å²) < 4.78 is 7.60. The fourth-order valence-electron chi connectivity index (χ4n) is 3.35. The number of hydrazine groups is 1. The summed E-state index contributed by atoms with van der Waals surface area (Å²) in [6.45, 7) is 2.10. The smallest absolute Gasteiger partial charge is 0.341 e. The number of aromatic nitrogens is 2. The van der Waals surface area contributed by atoms with Crippen LogP contribution in [0.15, 0.2) is 6.20 Å². The van der Waals surface area contributed by atoms with Crippen LogP contribution < -0.4 is 16.2 Å². The number of esters is 1. The Balaban J connectivity index is 1.73. The first-order valence-electron chi connectivity index (χ1n) is 9.78. The molecule has 11 heteroatoms. The van der Waals surface area contributed by atoms with Crippen molar-refractivity contribution in [2.75, 3.05) is 11.9 Å². The highest BCUT2D eigenvalue weighted by molar-refractivity contribution is 14.1. The molecule has 0 fully saturated rings. The zero-order valence-corrected chi connectivity index (χ0v) is 20.6. The quantitative estimate of drug-likeness (QED) is 0.228. The second-order valence-electron chi connectivity index (χ2n) is 6.88. The SMILES string of the molecule is CCOC(=O)c1c(NC(=S)NNC(=O)c2nn(C)cc2I)sc2c1CCCCCC2. The Hall–Kier alpha value is -1.73. The highest BCUT2D eigenvalue weighted by atomic mass is 127. The molecular formula is C19H24IN5O3S2. The fraction of sp³-hybridized carbons (Fsp3) is 0.474. The molecule has 0 unspecified atom stereocenters. The standard InChI is InChI=1S/C19H24IN5O3S2/c1-3-28-18(27)14-11-8-6-4-5-7-9-13(11)30-17(14)21-19(29)23-22-16(26)15-12(20)10-25(2)24-15/h10H,3-9H2,1-2H3,(H,22,26)(H2,21,23,29). The highest BCUT2D eigenvalue weighted by Gasteiger charge is 2.26. The van der Waals surface area contributed by atoms with Crippen LogP contribution in [-0.2, 0) is 24.6 Å². The molecule has 0 atom stereocenters. The normalized spacial score (nSPS) is 13.6. The number of rotatable bonds is 4. The first-order valence-corrected chi connectivity index (χ1v) is 12.1. The van der Waals surface area contributed by atoms with Crippen molar-refractivity contribution in [1.82, 2.24) is 20.6 Å². The molecule has 0 saturated carbocycles. The lowest BCUT2D eigenvalue weighted by atomic mass is 9.96. The number of nitrogens with one attached hydrogen (secondary N) is 3. The number of carbonyl (C=O) groups excluding carboxylic acids is 2. The van der Waals surface area contributed by atoms with Gasteiger partial charge in [-0.2, -0.15) is 5.10 Å². The number of thiophene rings is 1. The van der Waals surface area contributed by atoms with Gasteiger partial charge in [0.05, 0.1) is 15.7 Å². The molecule has 2 aromatic heterocycles. The van der Waals surface area contributed by atoms with Crippen molar-refractivity contribution in [3.8, 4) is 0 Å². The Kier molecular flexibility index (Phi) is 8.06. The summed E-state index contributed by atoms with van der Waals surface area (Å²) in [5.74, 6) is -0.735. The summed E-state index contributed by atoms with van der Waals surface area (Å²) in [7, 11) is 1.75. The molecule has 3 rings (SSSR count). The summed E-state index contributed by atoms with van der Waals surface area (Å²) >= 11 is 8.92. The largest absolute Gasteiger partial charge is 0.462 e. The van der Waals surface area contributed by atoms with Crippen LogP contribution in [0.3, 0.4) is 0 Å². The van der Waals surface area contributed by atoms with E-state index in [-0.39, 0.29) is 11.1 Å². The molecule has 3 N–H and O–H groups in total. The van der Waals surface area contributed by atoms with Gasteiger partial charge in [0.25, 0.3) is 5.91 Å². The molecule has 0 radical (unpaired) electrons. The predicted octanol–water partition coefficient (Wildman–Crippen LogP) is 3.55. The van der Waals surface area contributed by atoms with Gasteiger partial charge in [-0.25, -0.2) is 4.79 Å².